The Labute approximate surface area is 159 Å². The van der Waals surface area contributed by atoms with E-state index in [1.54, 1.807) is 17.6 Å². The largest absolute Gasteiger partial charge is 0.384 e. The molecule has 0 aromatic heterocycles. The molecule has 3 N–H and O–H groups in total. The highest BCUT2D eigenvalue weighted by molar-refractivity contribution is 5.98. The summed E-state index contributed by atoms with van der Waals surface area (Å²) in [6.07, 6.45) is 18.7. The van der Waals surface area contributed by atoms with Gasteiger partial charge in [-0.05, 0) is 37.8 Å². The minimum Gasteiger partial charge on any atom is -0.384 e. The smallest absolute Gasteiger partial charge is 0.276 e. The number of carbonyl (C=O) groups is 1. The van der Waals surface area contributed by atoms with Crippen molar-refractivity contribution in [2.45, 2.75) is 77.6 Å². The monoisotopic (exact) mass is 360 g/mol. The molecule has 0 spiro atoms. The van der Waals surface area contributed by atoms with Crippen molar-refractivity contribution in [2.75, 3.05) is 11.9 Å². The van der Waals surface area contributed by atoms with E-state index < -0.39 is 5.91 Å². The van der Waals surface area contributed by atoms with Crippen LogP contribution in [0.3, 0.4) is 0 Å². The van der Waals surface area contributed by atoms with Crippen LogP contribution in [0.25, 0.3) is 0 Å². The molecule has 0 aliphatic rings. The summed E-state index contributed by atoms with van der Waals surface area (Å²) in [7, 11) is 0. The molecule has 0 bridgehead atoms. The Morgan fingerprint density at radius 3 is 2.23 bits per heavy atom. The minimum absolute atomic E-state index is 0.459. The molecule has 26 heavy (non-hydrogen) atoms. The van der Waals surface area contributed by atoms with Crippen LogP contribution in [0, 0.1) is 0 Å². The third-order valence-electron chi connectivity index (χ3n) is 4.53. The first-order valence-corrected chi connectivity index (χ1v) is 10.2. The Bertz CT molecular complexity index is 515. The molecule has 0 radical (unpaired) electrons. The highest BCUT2D eigenvalue weighted by Crippen LogP contribution is 2.15. The molecule has 4 heteroatoms. The summed E-state index contributed by atoms with van der Waals surface area (Å²) < 4.78 is 0. The van der Waals surface area contributed by atoms with Gasteiger partial charge in [0.2, 0.25) is 0 Å². The summed E-state index contributed by atoms with van der Waals surface area (Å²) in [5, 5.41) is 12.0. The number of hydrogen-bond donors (Lipinski definition) is 3. The van der Waals surface area contributed by atoms with Crippen LogP contribution in [-0.4, -0.2) is 17.7 Å². The number of para-hydroxylation sites is 1. The van der Waals surface area contributed by atoms with Gasteiger partial charge in [-0.15, -0.1) is 0 Å². The molecule has 0 unspecified atom stereocenters. The van der Waals surface area contributed by atoms with Crippen molar-refractivity contribution in [1.29, 1.82) is 0 Å². The number of hydroxylamine groups is 1. The maximum atomic E-state index is 11.6. The molecule has 4 nitrogen and oxygen atoms in total. The fraction of sp³-hybridized carbons (Fsp3) is 0.591. The van der Waals surface area contributed by atoms with Crippen molar-refractivity contribution >= 4 is 11.6 Å². The lowest BCUT2D eigenvalue weighted by atomic mass is 10.1. The highest BCUT2D eigenvalue weighted by atomic mass is 16.5. The third kappa shape index (κ3) is 10.2. The van der Waals surface area contributed by atoms with Gasteiger partial charge in [-0.25, -0.2) is 5.48 Å². The minimum atomic E-state index is -0.488. The molecular formula is C22H36N2O2. The summed E-state index contributed by atoms with van der Waals surface area (Å²) in [5.41, 5.74) is 2.89. The van der Waals surface area contributed by atoms with E-state index in [4.69, 9.17) is 5.21 Å². The molecule has 1 rings (SSSR count). The Morgan fingerprint density at radius 1 is 0.923 bits per heavy atom. The molecule has 146 valence electrons. The lowest BCUT2D eigenvalue weighted by molar-refractivity contribution is 0.0707. The SMILES string of the molecule is CCCCCCCCCCC=CCCCNc1ccccc1C(=O)NO. The first-order chi connectivity index (χ1) is 12.8. The number of benzene rings is 1. The zero-order valence-corrected chi connectivity index (χ0v) is 16.3. The van der Waals surface area contributed by atoms with Crippen LogP contribution in [0.5, 0.6) is 0 Å². The number of carbonyl (C=O) groups excluding carboxylic acids is 1. The lowest BCUT2D eigenvalue weighted by Gasteiger charge is -2.09. The van der Waals surface area contributed by atoms with Crippen LogP contribution in [0.1, 0.15) is 87.9 Å². The van der Waals surface area contributed by atoms with E-state index in [1.165, 1.54) is 57.8 Å². The summed E-state index contributed by atoms with van der Waals surface area (Å²) in [5.74, 6) is -0.488. The van der Waals surface area contributed by atoms with Crippen molar-refractivity contribution < 1.29 is 10.0 Å². The lowest BCUT2D eigenvalue weighted by Crippen LogP contribution is -2.20. The van der Waals surface area contributed by atoms with Gasteiger partial charge in [-0.2, -0.15) is 0 Å². The second-order valence-corrected chi connectivity index (χ2v) is 6.79. The Balaban J connectivity index is 2.02. The van der Waals surface area contributed by atoms with Crippen molar-refractivity contribution in [1.82, 2.24) is 5.48 Å². The second-order valence-electron chi connectivity index (χ2n) is 6.79. The maximum Gasteiger partial charge on any atom is 0.276 e. The van der Waals surface area contributed by atoms with Crippen molar-refractivity contribution in [2.24, 2.45) is 0 Å². The number of hydrogen-bond acceptors (Lipinski definition) is 3. The summed E-state index contributed by atoms with van der Waals surface area (Å²) in [4.78, 5) is 11.6. The molecule has 0 atom stereocenters. The van der Waals surface area contributed by atoms with Crippen LogP contribution < -0.4 is 10.8 Å². The molecule has 0 saturated carbocycles. The average molecular weight is 361 g/mol. The zero-order valence-electron chi connectivity index (χ0n) is 16.3. The number of amides is 1. The fourth-order valence-electron chi connectivity index (χ4n) is 2.97. The van der Waals surface area contributed by atoms with E-state index >= 15 is 0 Å². The topological polar surface area (TPSA) is 61.4 Å². The molecular weight excluding hydrogens is 324 g/mol. The first kappa shape index (κ1) is 22.2. The third-order valence-corrected chi connectivity index (χ3v) is 4.53. The van der Waals surface area contributed by atoms with E-state index in [9.17, 15) is 4.79 Å². The second kappa shape index (κ2) is 15.4. The van der Waals surface area contributed by atoms with E-state index in [-0.39, 0.29) is 0 Å². The number of rotatable bonds is 15. The van der Waals surface area contributed by atoms with Crippen molar-refractivity contribution in [3.8, 4) is 0 Å². The van der Waals surface area contributed by atoms with E-state index in [2.05, 4.69) is 24.4 Å². The normalized spacial score (nSPS) is 11.0. The summed E-state index contributed by atoms with van der Waals surface area (Å²) >= 11 is 0. The van der Waals surface area contributed by atoms with E-state index in [1.807, 2.05) is 12.1 Å². The van der Waals surface area contributed by atoms with Gasteiger partial charge in [-0.1, -0.05) is 76.2 Å². The van der Waals surface area contributed by atoms with E-state index in [0.717, 1.165) is 25.1 Å². The number of unbranched alkanes of at least 4 members (excludes halogenated alkanes) is 9. The Hall–Kier alpha value is -1.81. The van der Waals surface area contributed by atoms with Gasteiger partial charge in [0.05, 0.1) is 5.56 Å². The Morgan fingerprint density at radius 2 is 1.54 bits per heavy atom. The van der Waals surface area contributed by atoms with Crippen LogP contribution in [0.4, 0.5) is 5.69 Å². The standard InChI is InChI=1S/C22H36N2O2/c1-2-3-4-5-6-7-8-9-10-11-12-13-16-19-23-21-18-15-14-17-20(21)22(25)24-26/h11-12,14-15,17-18,23,26H,2-10,13,16,19H2,1H3,(H,24,25). The molecule has 1 aromatic carbocycles. The van der Waals surface area contributed by atoms with Crippen molar-refractivity contribution in [3.63, 3.8) is 0 Å². The fourth-order valence-corrected chi connectivity index (χ4v) is 2.97. The quantitative estimate of drug-likeness (QED) is 0.154. The summed E-state index contributed by atoms with van der Waals surface area (Å²) in [6.45, 7) is 3.06. The number of allylic oxidation sites excluding steroid dienone is 2. The molecule has 0 heterocycles. The van der Waals surface area contributed by atoms with Gasteiger partial charge in [0, 0.05) is 12.2 Å². The zero-order chi connectivity index (χ0) is 18.9. The predicted molar refractivity (Wildman–Crippen MR) is 110 cm³/mol. The molecule has 0 fully saturated rings. The number of nitrogens with one attached hydrogen (secondary N) is 2. The summed E-state index contributed by atoms with van der Waals surface area (Å²) in [6, 6.07) is 7.20. The van der Waals surface area contributed by atoms with Gasteiger partial charge in [0.15, 0.2) is 0 Å². The first-order valence-electron chi connectivity index (χ1n) is 10.2. The van der Waals surface area contributed by atoms with Gasteiger partial charge >= 0.3 is 0 Å². The Kier molecular flexibility index (Phi) is 13.2. The highest BCUT2D eigenvalue weighted by Gasteiger charge is 2.08. The van der Waals surface area contributed by atoms with Gasteiger partial charge < -0.3 is 5.32 Å². The molecule has 1 amide bonds. The van der Waals surface area contributed by atoms with Crippen molar-refractivity contribution in [3.05, 3.63) is 42.0 Å². The molecule has 0 aliphatic heterocycles. The molecule has 0 saturated heterocycles. The average Bonchev–Trinajstić information content (AvgIpc) is 2.68. The van der Waals surface area contributed by atoms with Crippen LogP contribution >= 0.6 is 0 Å². The van der Waals surface area contributed by atoms with Gasteiger partial charge in [-0.3, -0.25) is 10.0 Å². The van der Waals surface area contributed by atoms with Crippen LogP contribution in [0.15, 0.2) is 36.4 Å². The predicted octanol–water partition coefficient (Wildman–Crippen LogP) is 6.08. The maximum absolute atomic E-state index is 11.6. The molecule has 1 aromatic rings. The van der Waals surface area contributed by atoms with Gasteiger partial charge in [0.1, 0.15) is 0 Å². The van der Waals surface area contributed by atoms with E-state index in [0.29, 0.717) is 5.56 Å². The van der Waals surface area contributed by atoms with Crippen LogP contribution in [-0.2, 0) is 0 Å². The van der Waals surface area contributed by atoms with Crippen LogP contribution in [0.2, 0.25) is 0 Å². The molecule has 0 aliphatic carbocycles. The number of anilines is 1. The van der Waals surface area contributed by atoms with Gasteiger partial charge in [0.25, 0.3) is 5.91 Å².